The molecule has 0 amide bonds. The van der Waals surface area contributed by atoms with E-state index >= 15 is 0 Å². The lowest BCUT2D eigenvalue weighted by Crippen LogP contribution is -2.38. The highest BCUT2D eigenvalue weighted by Gasteiger charge is 1.95. The van der Waals surface area contributed by atoms with Gasteiger partial charge in [0, 0.05) is 11.4 Å². The molecule has 1 aliphatic rings. The van der Waals surface area contributed by atoms with E-state index in [-0.39, 0.29) is 0 Å². The number of hydrogen-bond donors (Lipinski definition) is 1. The largest absolute Gasteiger partial charge is 0.296 e. The lowest BCUT2D eigenvalue weighted by molar-refractivity contribution is 0.434. The first-order chi connectivity index (χ1) is 5.36. The standard InChI is InChI=1S/C8H9N3/c9-11-5-7-3-1-2-4-8(7)10-6-11/h1-5H,6,9H2. The Balaban J connectivity index is 2.73. The minimum atomic E-state index is 0.553. The molecule has 0 atom stereocenters. The number of hydrazine groups is 1. The second-order valence-electron chi connectivity index (χ2n) is 2.50. The molecule has 0 bridgehead atoms. The molecule has 1 aliphatic heterocycles. The summed E-state index contributed by atoms with van der Waals surface area (Å²) in [5, 5.41) is 3.68. The summed E-state index contributed by atoms with van der Waals surface area (Å²) in [7, 11) is 0. The molecule has 1 aromatic rings. The van der Waals surface area contributed by atoms with Crippen LogP contribution in [-0.4, -0.2) is 11.7 Å². The molecule has 2 rings (SSSR count). The predicted molar refractivity (Wildman–Crippen MR) is 42.6 cm³/mol. The first-order valence-corrected chi connectivity index (χ1v) is 3.49. The summed E-state index contributed by atoms with van der Waals surface area (Å²) in [5.41, 5.74) is 0. The third-order valence-electron chi connectivity index (χ3n) is 1.65. The van der Waals surface area contributed by atoms with E-state index in [9.17, 15) is 0 Å². The Morgan fingerprint density at radius 3 is 3.09 bits per heavy atom. The first kappa shape index (κ1) is 6.37. The van der Waals surface area contributed by atoms with Crippen LogP contribution in [-0.2, 0) is 0 Å². The van der Waals surface area contributed by atoms with Crippen molar-refractivity contribution >= 4 is 6.20 Å². The van der Waals surface area contributed by atoms with Crippen molar-refractivity contribution in [1.82, 2.24) is 5.01 Å². The Morgan fingerprint density at radius 1 is 1.36 bits per heavy atom. The van der Waals surface area contributed by atoms with Gasteiger partial charge in [0.15, 0.2) is 0 Å². The fourth-order valence-corrected chi connectivity index (χ4v) is 1.12. The van der Waals surface area contributed by atoms with Crippen LogP contribution in [0.25, 0.3) is 6.20 Å². The Bertz CT molecular complexity index is 369. The Hall–Kier alpha value is -1.35. The Labute approximate surface area is 64.4 Å². The highest BCUT2D eigenvalue weighted by molar-refractivity contribution is 5.22. The number of benzene rings is 1. The van der Waals surface area contributed by atoms with Gasteiger partial charge in [-0.1, -0.05) is 18.2 Å². The third kappa shape index (κ3) is 1.10. The van der Waals surface area contributed by atoms with Crippen LogP contribution in [0.2, 0.25) is 0 Å². The predicted octanol–water partition coefficient (Wildman–Crippen LogP) is -0.809. The molecule has 0 radical (unpaired) electrons. The number of nitrogens with zero attached hydrogens (tertiary/aromatic N) is 2. The van der Waals surface area contributed by atoms with Crippen LogP contribution in [0.5, 0.6) is 0 Å². The number of fused-ring (bicyclic) bond motifs is 1. The maximum Gasteiger partial charge on any atom is 0.124 e. The average Bonchev–Trinajstić information content (AvgIpc) is 2.04. The van der Waals surface area contributed by atoms with Gasteiger partial charge in [0.2, 0.25) is 0 Å². The van der Waals surface area contributed by atoms with Crippen molar-refractivity contribution in [2.24, 2.45) is 10.8 Å². The molecule has 0 aromatic heterocycles. The molecule has 0 saturated heterocycles. The lowest BCUT2D eigenvalue weighted by atomic mass is 10.3. The van der Waals surface area contributed by atoms with E-state index in [0.717, 1.165) is 10.6 Å². The normalized spacial score (nSPS) is 14.8. The van der Waals surface area contributed by atoms with Gasteiger partial charge in [-0.25, -0.2) is 5.84 Å². The van der Waals surface area contributed by atoms with E-state index in [2.05, 4.69) is 4.99 Å². The van der Waals surface area contributed by atoms with Crippen molar-refractivity contribution in [1.29, 1.82) is 0 Å². The Morgan fingerprint density at radius 2 is 2.18 bits per heavy atom. The zero-order valence-corrected chi connectivity index (χ0v) is 6.07. The van der Waals surface area contributed by atoms with Gasteiger partial charge in [0.05, 0.1) is 5.36 Å². The van der Waals surface area contributed by atoms with Crippen LogP contribution in [0.3, 0.4) is 0 Å². The van der Waals surface area contributed by atoms with E-state index in [1.54, 1.807) is 5.01 Å². The van der Waals surface area contributed by atoms with Gasteiger partial charge >= 0.3 is 0 Å². The smallest absolute Gasteiger partial charge is 0.124 e. The van der Waals surface area contributed by atoms with Crippen molar-refractivity contribution < 1.29 is 0 Å². The fraction of sp³-hybridized carbons (Fsp3) is 0.125. The van der Waals surface area contributed by atoms with Crippen LogP contribution in [0.4, 0.5) is 0 Å². The van der Waals surface area contributed by atoms with Crippen molar-refractivity contribution in [2.75, 3.05) is 6.67 Å². The van der Waals surface area contributed by atoms with Gasteiger partial charge in [-0.2, -0.15) is 0 Å². The summed E-state index contributed by atoms with van der Waals surface area (Å²) in [6.45, 7) is 0.553. The molecule has 0 spiro atoms. The first-order valence-electron chi connectivity index (χ1n) is 3.49. The van der Waals surface area contributed by atoms with Crippen molar-refractivity contribution in [3.8, 4) is 0 Å². The van der Waals surface area contributed by atoms with Gasteiger partial charge in [-0.05, 0) is 6.07 Å². The summed E-state index contributed by atoms with van der Waals surface area (Å²) in [4.78, 5) is 4.24. The molecule has 1 aromatic carbocycles. The Kier molecular flexibility index (Phi) is 1.36. The molecule has 3 nitrogen and oxygen atoms in total. The molecular weight excluding hydrogens is 138 g/mol. The SMILES string of the molecule is NN1C=c2ccccc2=NC1. The van der Waals surface area contributed by atoms with Crippen molar-refractivity contribution in [2.45, 2.75) is 0 Å². The van der Waals surface area contributed by atoms with Gasteiger partial charge in [0.1, 0.15) is 6.67 Å². The molecule has 3 heteroatoms. The number of para-hydroxylation sites is 1. The van der Waals surface area contributed by atoms with Crippen molar-refractivity contribution in [3.63, 3.8) is 0 Å². The minimum absolute atomic E-state index is 0.553. The van der Waals surface area contributed by atoms with E-state index in [0.29, 0.717) is 6.67 Å². The van der Waals surface area contributed by atoms with Crippen LogP contribution < -0.4 is 16.4 Å². The maximum absolute atomic E-state index is 5.53. The van der Waals surface area contributed by atoms with Crippen LogP contribution in [0.1, 0.15) is 0 Å². The van der Waals surface area contributed by atoms with E-state index in [4.69, 9.17) is 5.84 Å². The van der Waals surface area contributed by atoms with E-state index in [1.165, 1.54) is 0 Å². The van der Waals surface area contributed by atoms with Crippen molar-refractivity contribution in [3.05, 3.63) is 34.8 Å². The summed E-state index contributed by atoms with van der Waals surface area (Å²) in [6, 6.07) is 7.93. The summed E-state index contributed by atoms with van der Waals surface area (Å²) in [5.74, 6) is 5.53. The third-order valence-corrected chi connectivity index (χ3v) is 1.65. The molecular formula is C8H9N3. The lowest BCUT2D eigenvalue weighted by Gasteiger charge is -2.12. The molecule has 1 heterocycles. The van der Waals surface area contributed by atoms with Gasteiger partial charge in [0.25, 0.3) is 0 Å². The van der Waals surface area contributed by atoms with Crippen LogP contribution in [0.15, 0.2) is 29.3 Å². The highest BCUT2D eigenvalue weighted by atomic mass is 15.4. The molecule has 56 valence electrons. The number of rotatable bonds is 0. The zero-order chi connectivity index (χ0) is 7.68. The molecule has 0 fully saturated rings. The van der Waals surface area contributed by atoms with Gasteiger partial charge < -0.3 is 0 Å². The van der Waals surface area contributed by atoms with Gasteiger partial charge in [-0.3, -0.25) is 10.0 Å². The quantitative estimate of drug-likeness (QED) is 0.488. The second-order valence-corrected chi connectivity index (χ2v) is 2.50. The highest BCUT2D eigenvalue weighted by Crippen LogP contribution is 1.83. The summed E-state index contributed by atoms with van der Waals surface area (Å²) < 4.78 is 0. The van der Waals surface area contributed by atoms with E-state index < -0.39 is 0 Å². The minimum Gasteiger partial charge on any atom is -0.296 e. The number of hydrogen-bond acceptors (Lipinski definition) is 3. The topological polar surface area (TPSA) is 41.6 Å². The van der Waals surface area contributed by atoms with E-state index in [1.807, 2.05) is 30.5 Å². The average molecular weight is 147 g/mol. The molecule has 0 unspecified atom stereocenters. The van der Waals surface area contributed by atoms with Gasteiger partial charge in [-0.15, -0.1) is 0 Å². The molecule has 11 heavy (non-hydrogen) atoms. The molecule has 0 saturated carbocycles. The van der Waals surface area contributed by atoms with Crippen LogP contribution >= 0.6 is 0 Å². The monoisotopic (exact) mass is 147 g/mol. The maximum atomic E-state index is 5.53. The second kappa shape index (κ2) is 2.36. The number of nitrogens with two attached hydrogens (primary N) is 1. The molecule has 2 N–H and O–H groups in total. The van der Waals surface area contributed by atoms with Crippen LogP contribution in [0, 0.1) is 0 Å². The zero-order valence-electron chi connectivity index (χ0n) is 6.07. The fourth-order valence-electron chi connectivity index (χ4n) is 1.12. The molecule has 0 aliphatic carbocycles. The summed E-state index contributed by atoms with van der Waals surface area (Å²) in [6.07, 6.45) is 1.89. The summed E-state index contributed by atoms with van der Waals surface area (Å²) >= 11 is 0.